The second-order valence-corrected chi connectivity index (χ2v) is 6.70. The van der Waals surface area contributed by atoms with Gasteiger partial charge in [-0.1, -0.05) is 62.2 Å². The fraction of sp³-hybridized carbons (Fsp3) is 0.304. The number of hydrogen-bond acceptors (Lipinski definition) is 2. The van der Waals surface area contributed by atoms with Crippen molar-refractivity contribution < 1.29 is 0 Å². The summed E-state index contributed by atoms with van der Waals surface area (Å²) in [6.45, 7) is 20.3. The van der Waals surface area contributed by atoms with Gasteiger partial charge in [0.25, 0.3) is 0 Å². The smallest absolute Gasteiger partial charge is 0.0701 e. The number of benzene rings is 1. The van der Waals surface area contributed by atoms with E-state index in [1.165, 1.54) is 5.56 Å². The van der Waals surface area contributed by atoms with Crippen molar-refractivity contribution in [1.82, 2.24) is 0 Å². The normalized spacial score (nSPS) is 22.8. The van der Waals surface area contributed by atoms with Gasteiger partial charge in [-0.2, -0.15) is 0 Å². The molecule has 0 saturated heterocycles. The minimum absolute atomic E-state index is 0.0862. The zero-order valence-electron chi connectivity index (χ0n) is 15.5. The van der Waals surface area contributed by atoms with Crippen LogP contribution in [0.1, 0.15) is 37.8 Å². The van der Waals surface area contributed by atoms with Crippen molar-refractivity contribution in [3.05, 3.63) is 85.1 Å². The standard InChI is InChI=1S/C23H28N2/c1-7-17(5)20-14-13-19-11-9-10-12-21(19)22(8-2)25-18(6)15-23(20)24-16(3)4/h7-12,20,23H,1-2,5-6,13-15H2,3-4H3/b25-22-. The van der Waals surface area contributed by atoms with Gasteiger partial charge < -0.3 is 0 Å². The van der Waals surface area contributed by atoms with Crippen LogP contribution in [0.4, 0.5) is 0 Å². The molecule has 1 aromatic carbocycles. The highest BCUT2D eigenvalue weighted by molar-refractivity contribution is 6.09. The molecule has 0 spiro atoms. The predicted molar refractivity (Wildman–Crippen MR) is 111 cm³/mol. The van der Waals surface area contributed by atoms with E-state index in [0.29, 0.717) is 6.42 Å². The van der Waals surface area contributed by atoms with E-state index in [4.69, 9.17) is 9.98 Å². The van der Waals surface area contributed by atoms with Crippen LogP contribution in [0.2, 0.25) is 0 Å². The lowest BCUT2D eigenvalue weighted by molar-refractivity contribution is 0.453. The van der Waals surface area contributed by atoms with Crippen molar-refractivity contribution in [3.8, 4) is 0 Å². The van der Waals surface area contributed by atoms with E-state index in [-0.39, 0.29) is 12.0 Å². The fourth-order valence-electron chi connectivity index (χ4n) is 3.36. The molecule has 1 heterocycles. The van der Waals surface area contributed by atoms with Gasteiger partial charge in [-0.25, -0.2) is 0 Å². The number of fused-ring (bicyclic) bond motifs is 1. The summed E-state index contributed by atoms with van der Waals surface area (Å²) in [4.78, 5) is 9.62. The summed E-state index contributed by atoms with van der Waals surface area (Å²) in [7, 11) is 0. The molecule has 0 N–H and O–H groups in total. The van der Waals surface area contributed by atoms with Crippen LogP contribution in [0.3, 0.4) is 0 Å². The van der Waals surface area contributed by atoms with Crippen LogP contribution < -0.4 is 0 Å². The molecule has 1 aliphatic rings. The summed E-state index contributed by atoms with van der Waals surface area (Å²) in [6.07, 6.45) is 6.30. The van der Waals surface area contributed by atoms with Gasteiger partial charge in [0.2, 0.25) is 0 Å². The van der Waals surface area contributed by atoms with E-state index >= 15 is 0 Å². The number of aliphatic imine (C=N–C) groups is 2. The second-order valence-electron chi connectivity index (χ2n) is 6.70. The first kappa shape index (κ1) is 18.9. The Labute approximate surface area is 152 Å². The van der Waals surface area contributed by atoms with Crippen LogP contribution in [0.25, 0.3) is 0 Å². The van der Waals surface area contributed by atoms with E-state index < -0.39 is 0 Å². The van der Waals surface area contributed by atoms with Gasteiger partial charge in [0.15, 0.2) is 0 Å². The maximum Gasteiger partial charge on any atom is 0.0701 e. The van der Waals surface area contributed by atoms with Gasteiger partial charge in [-0.05, 0) is 38.3 Å². The Hall–Kier alpha value is -2.48. The third-order valence-electron chi connectivity index (χ3n) is 4.56. The first-order chi connectivity index (χ1) is 12.0. The highest BCUT2D eigenvalue weighted by Crippen LogP contribution is 2.30. The minimum Gasteiger partial charge on any atom is -0.290 e. The Bertz CT molecular complexity index is 745. The Kier molecular flexibility index (Phi) is 6.46. The lowest BCUT2D eigenvalue weighted by Crippen LogP contribution is -2.23. The number of allylic oxidation sites excluding steroid dienone is 2. The molecule has 0 aliphatic carbocycles. The predicted octanol–water partition coefficient (Wildman–Crippen LogP) is 5.72. The summed E-state index contributed by atoms with van der Waals surface area (Å²) in [5.74, 6) is 0.234. The maximum atomic E-state index is 4.87. The molecule has 0 aromatic heterocycles. The third kappa shape index (κ3) is 4.76. The number of rotatable bonds is 4. The molecule has 25 heavy (non-hydrogen) atoms. The van der Waals surface area contributed by atoms with E-state index in [9.17, 15) is 0 Å². The largest absolute Gasteiger partial charge is 0.290 e. The Balaban J connectivity index is 2.54. The van der Waals surface area contributed by atoms with Crippen molar-refractivity contribution in [2.24, 2.45) is 15.9 Å². The zero-order chi connectivity index (χ0) is 18.4. The molecule has 130 valence electrons. The lowest BCUT2D eigenvalue weighted by atomic mass is 9.83. The van der Waals surface area contributed by atoms with E-state index in [0.717, 1.165) is 41.1 Å². The average molecular weight is 332 g/mol. The molecule has 2 atom stereocenters. The molecule has 1 aromatic rings. The molecule has 0 amide bonds. The Morgan fingerprint density at radius 2 is 1.96 bits per heavy atom. The molecule has 2 heteroatoms. The van der Waals surface area contributed by atoms with Crippen LogP contribution in [0.5, 0.6) is 0 Å². The van der Waals surface area contributed by atoms with E-state index in [1.54, 1.807) is 0 Å². The van der Waals surface area contributed by atoms with Crippen molar-refractivity contribution in [2.75, 3.05) is 0 Å². The molecule has 0 bridgehead atoms. The third-order valence-corrected chi connectivity index (χ3v) is 4.56. The topological polar surface area (TPSA) is 24.7 Å². The molecule has 2 rings (SSSR count). The summed E-state index contributed by atoms with van der Waals surface area (Å²) < 4.78 is 0. The van der Waals surface area contributed by atoms with Gasteiger partial charge in [0.05, 0.1) is 11.8 Å². The molecule has 0 radical (unpaired) electrons. The SMILES string of the molecule is C=CC(=C)C1CCc2ccccc2/C(C=C)=N\C(=C)CC1N=C(C)C. The quantitative estimate of drug-likeness (QED) is 0.497. The maximum absolute atomic E-state index is 4.87. The summed E-state index contributed by atoms with van der Waals surface area (Å²) in [6, 6.07) is 8.47. The summed E-state index contributed by atoms with van der Waals surface area (Å²) in [5, 5.41) is 0. The van der Waals surface area contributed by atoms with Crippen LogP contribution in [0, 0.1) is 5.92 Å². The van der Waals surface area contributed by atoms with Gasteiger partial charge >= 0.3 is 0 Å². The van der Waals surface area contributed by atoms with Crippen molar-refractivity contribution in [1.29, 1.82) is 0 Å². The van der Waals surface area contributed by atoms with Gasteiger partial charge in [0, 0.05) is 29.3 Å². The number of hydrogen-bond donors (Lipinski definition) is 0. The van der Waals surface area contributed by atoms with Crippen LogP contribution in [-0.4, -0.2) is 17.5 Å². The average Bonchev–Trinajstić information content (AvgIpc) is 2.59. The lowest BCUT2D eigenvalue weighted by Gasteiger charge is -2.27. The molecule has 2 nitrogen and oxygen atoms in total. The molecular formula is C23H28N2. The summed E-state index contributed by atoms with van der Waals surface area (Å²) in [5.41, 5.74) is 6.21. The Morgan fingerprint density at radius 1 is 1.24 bits per heavy atom. The first-order valence-electron chi connectivity index (χ1n) is 8.75. The van der Waals surface area contributed by atoms with E-state index in [1.807, 2.05) is 32.1 Å². The Morgan fingerprint density at radius 3 is 2.60 bits per heavy atom. The first-order valence-corrected chi connectivity index (χ1v) is 8.75. The number of nitrogens with zero attached hydrogens (tertiary/aromatic N) is 2. The number of aryl methyl sites for hydroxylation is 1. The minimum atomic E-state index is 0.0862. The van der Waals surface area contributed by atoms with Gasteiger partial charge in [-0.3, -0.25) is 9.98 Å². The zero-order valence-corrected chi connectivity index (χ0v) is 15.5. The molecule has 1 aliphatic heterocycles. The van der Waals surface area contributed by atoms with Gasteiger partial charge in [-0.15, -0.1) is 0 Å². The highest BCUT2D eigenvalue weighted by Gasteiger charge is 2.25. The molecular weight excluding hydrogens is 304 g/mol. The van der Waals surface area contributed by atoms with Crippen LogP contribution in [-0.2, 0) is 6.42 Å². The fourth-order valence-corrected chi connectivity index (χ4v) is 3.36. The van der Waals surface area contributed by atoms with Crippen LogP contribution >= 0.6 is 0 Å². The van der Waals surface area contributed by atoms with Crippen molar-refractivity contribution in [3.63, 3.8) is 0 Å². The molecule has 0 fully saturated rings. The van der Waals surface area contributed by atoms with Gasteiger partial charge in [0.1, 0.15) is 0 Å². The van der Waals surface area contributed by atoms with Crippen molar-refractivity contribution in [2.45, 2.75) is 39.2 Å². The molecule has 0 saturated carbocycles. The molecule has 2 unspecified atom stereocenters. The monoisotopic (exact) mass is 332 g/mol. The highest BCUT2D eigenvalue weighted by atomic mass is 14.8. The van der Waals surface area contributed by atoms with Crippen molar-refractivity contribution >= 4 is 11.4 Å². The summed E-state index contributed by atoms with van der Waals surface area (Å²) >= 11 is 0. The van der Waals surface area contributed by atoms with E-state index in [2.05, 4.69) is 44.5 Å². The van der Waals surface area contributed by atoms with Crippen LogP contribution in [0.15, 0.2) is 84.0 Å². The second kappa shape index (κ2) is 8.57.